The molecule has 0 aliphatic heterocycles. The van der Waals surface area contributed by atoms with Crippen molar-refractivity contribution in [1.82, 2.24) is 4.98 Å². The summed E-state index contributed by atoms with van der Waals surface area (Å²) in [6.07, 6.45) is 3.72. The van der Waals surface area contributed by atoms with Crippen LogP contribution >= 0.6 is 0 Å². The largest absolute Gasteiger partial charge is 0.497 e. The van der Waals surface area contributed by atoms with E-state index in [1.165, 1.54) is 11.1 Å². The first-order valence-electron chi connectivity index (χ1n) is 5.69. The van der Waals surface area contributed by atoms with Crippen LogP contribution in [0.4, 0.5) is 0 Å². The standard InChI is InChI=1S/C15H17NO/c1-15(2,13-5-4-10-16-11-13)12-6-8-14(17-3)9-7-12/h4-11H,1-3H3. The van der Waals surface area contributed by atoms with E-state index in [9.17, 15) is 0 Å². The minimum Gasteiger partial charge on any atom is -0.497 e. The van der Waals surface area contributed by atoms with Gasteiger partial charge >= 0.3 is 0 Å². The van der Waals surface area contributed by atoms with Gasteiger partial charge < -0.3 is 4.74 Å². The Bertz CT molecular complexity index is 474. The van der Waals surface area contributed by atoms with E-state index in [2.05, 4.69) is 37.0 Å². The van der Waals surface area contributed by atoms with Crippen LogP contribution in [-0.4, -0.2) is 12.1 Å². The molecule has 0 spiro atoms. The number of hydrogen-bond acceptors (Lipinski definition) is 2. The summed E-state index contributed by atoms with van der Waals surface area (Å²) >= 11 is 0. The molecule has 1 aromatic heterocycles. The van der Waals surface area contributed by atoms with Crippen LogP contribution in [0.2, 0.25) is 0 Å². The number of rotatable bonds is 3. The van der Waals surface area contributed by atoms with Gasteiger partial charge in [-0.3, -0.25) is 4.98 Å². The van der Waals surface area contributed by atoms with Crippen molar-refractivity contribution >= 4 is 0 Å². The van der Waals surface area contributed by atoms with Gasteiger partial charge in [0.1, 0.15) is 5.75 Å². The lowest BCUT2D eigenvalue weighted by Gasteiger charge is -2.25. The highest BCUT2D eigenvalue weighted by molar-refractivity contribution is 5.38. The van der Waals surface area contributed by atoms with Crippen LogP contribution in [0.3, 0.4) is 0 Å². The highest BCUT2D eigenvalue weighted by atomic mass is 16.5. The number of hydrogen-bond donors (Lipinski definition) is 0. The van der Waals surface area contributed by atoms with Crippen LogP contribution in [-0.2, 0) is 5.41 Å². The molecule has 0 saturated carbocycles. The number of aromatic nitrogens is 1. The lowest BCUT2D eigenvalue weighted by molar-refractivity contribution is 0.414. The molecule has 2 heteroatoms. The molecule has 0 amide bonds. The lowest BCUT2D eigenvalue weighted by atomic mass is 9.79. The van der Waals surface area contributed by atoms with Gasteiger partial charge in [-0.25, -0.2) is 0 Å². The molecule has 2 nitrogen and oxygen atoms in total. The fraction of sp³-hybridized carbons (Fsp3) is 0.267. The Morgan fingerprint density at radius 3 is 2.24 bits per heavy atom. The number of pyridine rings is 1. The molecule has 2 aromatic rings. The SMILES string of the molecule is COc1ccc(C(C)(C)c2cccnc2)cc1. The molecule has 0 aliphatic rings. The minimum absolute atomic E-state index is 0.0411. The first kappa shape index (κ1) is 11.6. The molecule has 0 N–H and O–H groups in total. The van der Waals surface area contributed by atoms with Crippen molar-refractivity contribution in [3.8, 4) is 5.75 Å². The predicted octanol–water partition coefficient (Wildman–Crippen LogP) is 3.42. The Morgan fingerprint density at radius 2 is 1.71 bits per heavy atom. The van der Waals surface area contributed by atoms with Gasteiger partial charge in [0.2, 0.25) is 0 Å². The first-order valence-corrected chi connectivity index (χ1v) is 5.69. The van der Waals surface area contributed by atoms with Gasteiger partial charge in [0, 0.05) is 17.8 Å². The zero-order chi connectivity index (χ0) is 12.3. The minimum atomic E-state index is -0.0411. The molecule has 1 aromatic carbocycles. The Balaban J connectivity index is 2.37. The van der Waals surface area contributed by atoms with Crippen LogP contribution in [0.5, 0.6) is 5.75 Å². The van der Waals surface area contributed by atoms with Crippen molar-refractivity contribution in [2.24, 2.45) is 0 Å². The maximum absolute atomic E-state index is 5.18. The zero-order valence-electron chi connectivity index (χ0n) is 10.5. The summed E-state index contributed by atoms with van der Waals surface area (Å²) in [5.74, 6) is 0.885. The van der Waals surface area contributed by atoms with E-state index in [0.717, 1.165) is 5.75 Å². The van der Waals surface area contributed by atoms with Gasteiger partial charge in [-0.1, -0.05) is 32.0 Å². The summed E-state index contributed by atoms with van der Waals surface area (Å²) < 4.78 is 5.18. The van der Waals surface area contributed by atoms with E-state index in [-0.39, 0.29) is 5.41 Å². The fourth-order valence-electron chi connectivity index (χ4n) is 1.91. The number of ether oxygens (including phenoxy) is 1. The molecule has 17 heavy (non-hydrogen) atoms. The molecule has 0 aliphatic carbocycles. The van der Waals surface area contributed by atoms with Gasteiger partial charge in [0.25, 0.3) is 0 Å². The van der Waals surface area contributed by atoms with Gasteiger partial charge in [-0.05, 0) is 29.3 Å². The molecule has 2 rings (SSSR count). The van der Waals surface area contributed by atoms with Crippen molar-refractivity contribution < 1.29 is 4.74 Å². The molecule has 0 unspecified atom stereocenters. The Labute approximate surface area is 102 Å². The lowest BCUT2D eigenvalue weighted by Crippen LogP contribution is -2.18. The second-order valence-electron chi connectivity index (χ2n) is 4.60. The molecule has 0 radical (unpaired) electrons. The van der Waals surface area contributed by atoms with Gasteiger partial charge in [0.05, 0.1) is 7.11 Å². The molecular weight excluding hydrogens is 210 g/mol. The number of nitrogens with zero attached hydrogens (tertiary/aromatic N) is 1. The second kappa shape index (κ2) is 4.58. The van der Waals surface area contributed by atoms with Crippen LogP contribution in [0, 0.1) is 0 Å². The van der Waals surface area contributed by atoms with Crippen LogP contribution in [0.25, 0.3) is 0 Å². The zero-order valence-corrected chi connectivity index (χ0v) is 10.5. The summed E-state index contributed by atoms with van der Waals surface area (Å²) in [5.41, 5.74) is 2.43. The average molecular weight is 227 g/mol. The van der Waals surface area contributed by atoms with E-state index in [1.807, 2.05) is 24.4 Å². The van der Waals surface area contributed by atoms with Crippen LogP contribution in [0.1, 0.15) is 25.0 Å². The van der Waals surface area contributed by atoms with Crippen molar-refractivity contribution in [1.29, 1.82) is 0 Å². The van der Waals surface area contributed by atoms with Gasteiger partial charge in [-0.2, -0.15) is 0 Å². The van der Waals surface area contributed by atoms with Crippen molar-refractivity contribution in [2.75, 3.05) is 7.11 Å². The van der Waals surface area contributed by atoms with E-state index in [1.54, 1.807) is 13.3 Å². The van der Waals surface area contributed by atoms with Gasteiger partial charge in [-0.15, -0.1) is 0 Å². The Morgan fingerprint density at radius 1 is 1.00 bits per heavy atom. The Kier molecular flexibility index (Phi) is 3.14. The first-order chi connectivity index (χ1) is 8.14. The number of benzene rings is 1. The smallest absolute Gasteiger partial charge is 0.118 e. The third-order valence-electron chi connectivity index (χ3n) is 3.19. The van der Waals surface area contributed by atoms with Crippen molar-refractivity contribution in [3.05, 3.63) is 59.9 Å². The third kappa shape index (κ3) is 2.31. The molecule has 0 bridgehead atoms. The topological polar surface area (TPSA) is 22.1 Å². The Hall–Kier alpha value is -1.83. The maximum atomic E-state index is 5.18. The van der Waals surface area contributed by atoms with E-state index in [4.69, 9.17) is 4.74 Å². The van der Waals surface area contributed by atoms with E-state index in [0.29, 0.717) is 0 Å². The quantitative estimate of drug-likeness (QED) is 0.801. The molecular formula is C15H17NO. The molecule has 0 atom stereocenters. The monoisotopic (exact) mass is 227 g/mol. The fourth-order valence-corrected chi connectivity index (χ4v) is 1.91. The van der Waals surface area contributed by atoms with E-state index >= 15 is 0 Å². The molecule has 1 heterocycles. The third-order valence-corrected chi connectivity index (χ3v) is 3.19. The summed E-state index contributed by atoms with van der Waals surface area (Å²) in [6.45, 7) is 4.40. The summed E-state index contributed by atoms with van der Waals surface area (Å²) in [4.78, 5) is 4.19. The summed E-state index contributed by atoms with van der Waals surface area (Å²) in [6, 6.07) is 12.3. The van der Waals surface area contributed by atoms with Crippen molar-refractivity contribution in [2.45, 2.75) is 19.3 Å². The average Bonchev–Trinajstić information content (AvgIpc) is 2.40. The summed E-state index contributed by atoms with van der Waals surface area (Å²) in [7, 11) is 1.68. The maximum Gasteiger partial charge on any atom is 0.118 e. The highest BCUT2D eigenvalue weighted by Gasteiger charge is 2.22. The van der Waals surface area contributed by atoms with Crippen molar-refractivity contribution in [3.63, 3.8) is 0 Å². The number of methoxy groups -OCH3 is 1. The molecule has 0 fully saturated rings. The predicted molar refractivity (Wildman–Crippen MR) is 69.4 cm³/mol. The van der Waals surface area contributed by atoms with Crippen LogP contribution < -0.4 is 4.74 Å². The normalized spacial score (nSPS) is 11.2. The van der Waals surface area contributed by atoms with Gasteiger partial charge in [0.15, 0.2) is 0 Å². The molecule has 0 saturated heterocycles. The van der Waals surface area contributed by atoms with E-state index < -0.39 is 0 Å². The second-order valence-corrected chi connectivity index (χ2v) is 4.60. The highest BCUT2D eigenvalue weighted by Crippen LogP contribution is 2.31. The molecule has 88 valence electrons. The van der Waals surface area contributed by atoms with Crippen LogP contribution in [0.15, 0.2) is 48.8 Å². The summed E-state index contributed by atoms with van der Waals surface area (Å²) in [5, 5.41) is 0.